The molecular formula is C14H28N2S. The summed E-state index contributed by atoms with van der Waals surface area (Å²) in [5.74, 6) is 2.31. The summed E-state index contributed by atoms with van der Waals surface area (Å²) in [5.41, 5.74) is 0. The normalized spacial score (nSPS) is 30.9. The molecule has 1 N–H and O–H groups in total. The summed E-state index contributed by atoms with van der Waals surface area (Å²) < 4.78 is 0. The van der Waals surface area contributed by atoms with Crippen molar-refractivity contribution in [3.63, 3.8) is 0 Å². The molecule has 2 fully saturated rings. The minimum atomic E-state index is 0.912. The van der Waals surface area contributed by atoms with Crippen LogP contribution in [0.1, 0.15) is 39.0 Å². The number of thioether (sulfide) groups is 1. The molecule has 0 aromatic rings. The molecule has 0 amide bonds. The summed E-state index contributed by atoms with van der Waals surface area (Å²) in [7, 11) is 0. The Bertz CT molecular complexity index is 204. The van der Waals surface area contributed by atoms with Crippen molar-refractivity contribution in [2.45, 2.75) is 44.3 Å². The van der Waals surface area contributed by atoms with E-state index in [1.807, 2.05) is 0 Å². The van der Waals surface area contributed by atoms with E-state index in [-0.39, 0.29) is 0 Å². The van der Waals surface area contributed by atoms with Crippen molar-refractivity contribution in [3.05, 3.63) is 0 Å². The first kappa shape index (κ1) is 13.7. The molecule has 100 valence electrons. The summed E-state index contributed by atoms with van der Waals surface area (Å²) in [6, 6.07) is 0. The Labute approximate surface area is 111 Å². The van der Waals surface area contributed by atoms with Gasteiger partial charge in [0.1, 0.15) is 0 Å². The van der Waals surface area contributed by atoms with Crippen LogP contribution < -0.4 is 5.32 Å². The van der Waals surface area contributed by atoms with Crippen molar-refractivity contribution < 1.29 is 0 Å². The number of hydrogen-bond donors (Lipinski definition) is 1. The molecule has 0 radical (unpaired) electrons. The second-order valence-electron chi connectivity index (χ2n) is 5.61. The summed E-state index contributed by atoms with van der Waals surface area (Å²) >= 11 is 2.22. The van der Waals surface area contributed by atoms with Crippen LogP contribution >= 0.6 is 11.8 Å². The number of likely N-dealkylation sites (tertiary alicyclic amines) is 1. The molecule has 2 aliphatic rings. The lowest BCUT2D eigenvalue weighted by Crippen LogP contribution is -2.32. The average Bonchev–Trinajstić information content (AvgIpc) is 2.79. The molecule has 2 aliphatic heterocycles. The maximum Gasteiger partial charge on any atom is 0.0175 e. The lowest BCUT2D eigenvalue weighted by molar-refractivity contribution is 0.316. The first-order valence-electron chi connectivity index (χ1n) is 7.43. The van der Waals surface area contributed by atoms with Gasteiger partial charge >= 0.3 is 0 Å². The van der Waals surface area contributed by atoms with Crippen molar-refractivity contribution in [2.24, 2.45) is 5.92 Å². The smallest absolute Gasteiger partial charge is 0.0175 e. The average molecular weight is 256 g/mol. The molecule has 2 saturated heterocycles. The molecule has 2 nitrogen and oxygen atoms in total. The fourth-order valence-electron chi connectivity index (χ4n) is 2.97. The third-order valence-electron chi connectivity index (χ3n) is 3.97. The van der Waals surface area contributed by atoms with Gasteiger partial charge in [-0.1, -0.05) is 13.3 Å². The lowest BCUT2D eigenvalue weighted by atomic mass is 10.1. The van der Waals surface area contributed by atoms with Crippen molar-refractivity contribution in [3.8, 4) is 0 Å². The molecule has 2 rings (SSSR count). The Morgan fingerprint density at radius 1 is 1.29 bits per heavy atom. The maximum atomic E-state index is 3.57. The molecule has 2 heterocycles. The van der Waals surface area contributed by atoms with E-state index in [9.17, 15) is 0 Å². The van der Waals surface area contributed by atoms with E-state index in [4.69, 9.17) is 0 Å². The number of nitrogens with one attached hydrogen (secondary N) is 1. The first-order chi connectivity index (χ1) is 8.38. The quantitative estimate of drug-likeness (QED) is 0.736. The number of rotatable bonds is 6. The predicted octanol–water partition coefficient (Wildman–Crippen LogP) is 2.59. The van der Waals surface area contributed by atoms with E-state index in [1.54, 1.807) is 0 Å². The van der Waals surface area contributed by atoms with Crippen LogP contribution in [-0.2, 0) is 0 Å². The molecule has 0 saturated carbocycles. The highest BCUT2D eigenvalue weighted by Gasteiger charge is 2.25. The third-order valence-corrected chi connectivity index (χ3v) is 5.35. The molecule has 17 heavy (non-hydrogen) atoms. The summed E-state index contributed by atoms with van der Waals surface area (Å²) in [5, 5.41) is 4.51. The zero-order valence-electron chi connectivity index (χ0n) is 11.3. The van der Waals surface area contributed by atoms with Crippen molar-refractivity contribution in [1.29, 1.82) is 0 Å². The second-order valence-corrected chi connectivity index (χ2v) is 7.02. The van der Waals surface area contributed by atoms with Gasteiger partial charge in [0.25, 0.3) is 0 Å². The third kappa shape index (κ3) is 4.80. The van der Waals surface area contributed by atoms with Gasteiger partial charge in [-0.2, -0.15) is 11.8 Å². The molecule has 0 aromatic heterocycles. The molecular weight excluding hydrogens is 228 g/mol. The van der Waals surface area contributed by atoms with Crippen LogP contribution in [0.15, 0.2) is 0 Å². The zero-order valence-corrected chi connectivity index (χ0v) is 12.1. The summed E-state index contributed by atoms with van der Waals surface area (Å²) in [6.07, 6.45) is 7.04. The van der Waals surface area contributed by atoms with Crippen LogP contribution in [0.25, 0.3) is 0 Å². The van der Waals surface area contributed by atoms with Gasteiger partial charge in [0.05, 0.1) is 0 Å². The Hall–Kier alpha value is 0.270. The lowest BCUT2D eigenvalue weighted by Gasteiger charge is -2.26. The van der Waals surface area contributed by atoms with Gasteiger partial charge in [0.2, 0.25) is 0 Å². The van der Waals surface area contributed by atoms with Crippen LogP contribution in [0.4, 0.5) is 0 Å². The van der Waals surface area contributed by atoms with Crippen molar-refractivity contribution in [2.75, 3.05) is 38.5 Å². The molecule has 2 unspecified atom stereocenters. The predicted molar refractivity (Wildman–Crippen MR) is 77.8 cm³/mol. The SMILES string of the molecule is CCCNCC1CCN(CC2CCCCS2)C1. The number of hydrogen-bond acceptors (Lipinski definition) is 3. The molecule has 2 atom stereocenters. The molecule has 0 bridgehead atoms. The Morgan fingerprint density at radius 3 is 3.00 bits per heavy atom. The van der Waals surface area contributed by atoms with Gasteiger partial charge in [-0.15, -0.1) is 0 Å². The highest BCUT2D eigenvalue weighted by atomic mass is 32.2. The highest BCUT2D eigenvalue weighted by molar-refractivity contribution is 7.99. The number of nitrogens with zero attached hydrogens (tertiary/aromatic N) is 1. The van der Waals surface area contributed by atoms with Gasteiger partial charge in [-0.3, -0.25) is 0 Å². The van der Waals surface area contributed by atoms with Crippen LogP contribution in [0.3, 0.4) is 0 Å². The van der Waals surface area contributed by atoms with E-state index in [1.165, 1.54) is 70.6 Å². The Balaban J connectivity index is 1.60. The fourth-order valence-corrected chi connectivity index (χ4v) is 4.32. The summed E-state index contributed by atoms with van der Waals surface area (Å²) in [4.78, 5) is 2.71. The first-order valence-corrected chi connectivity index (χ1v) is 8.48. The minimum Gasteiger partial charge on any atom is -0.316 e. The topological polar surface area (TPSA) is 15.3 Å². The van der Waals surface area contributed by atoms with Crippen molar-refractivity contribution >= 4 is 11.8 Å². The van der Waals surface area contributed by atoms with E-state index in [0.29, 0.717) is 0 Å². The zero-order chi connectivity index (χ0) is 11.9. The van der Waals surface area contributed by atoms with Gasteiger partial charge in [0.15, 0.2) is 0 Å². The Morgan fingerprint density at radius 2 is 2.24 bits per heavy atom. The largest absolute Gasteiger partial charge is 0.316 e. The van der Waals surface area contributed by atoms with E-state index in [0.717, 1.165) is 11.2 Å². The van der Waals surface area contributed by atoms with Crippen LogP contribution in [0.5, 0.6) is 0 Å². The van der Waals surface area contributed by atoms with Gasteiger partial charge in [-0.25, -0.2) is 0 Å². The van der Waals surface area contributed by atoms with Gasteiger partial charge < -0.3 is 10.2 Å². The van der Waals surface area contributed by atoms with Crippen molar-refractivity contribution in [1.82, 2.24) is 10.2 Å². The van der Waals surface area contributed by atoms with Crippen LogP contribution in [0, 0.1) is 5.92 Å². The monoisotopic (exact) mass is 256 g/mol. The summed E-state index contributed by atoms with van der Waals surface area (Å²) in [6.45, 7) is 8.71. The fraction of sp³-hybridized carbons (Fsp3) is 1.00. The Kier molecular flexibility index (Phi) is 6.16. The molecule has 0 spiro atoms. The molecule has 3 heteroatoms. The molecule has 0 aromatic carbocycles. The second kappa shape index (κ2) is 7.65. The van der Waals surface area contributed by atoms with Crippen LogP contribution in [0.2, 0.25) is 0 Å². The minimum absolute atomic E-state index is 0.912. The van der Waals surface area contributed by atoms with E-state index < -0.39 is 0 Å². The van der Waals surface area contributed by atoms with Gasteiger partial charge in [0, 0.05) is 18.3 Å². The highest BCUT2D eigenvalue weighted by Crippen LogP contribution is 2.27. The van der Waals surface area contributed by atoms with Gasteiger partial charge in [-0.05, 0) is 57.0 Å². The maximum absolute atomic E-state index is 3.57. The van der Waals surface area contributed by atoms with E-state index in [2.05, 4.69) is 28.9 Å². The van der Waals surface area contributed by atoms with E-state index >= 15 is 0 Å². The standard InChI is InChI=1S/C14H28N2S/c1-2-7-15-10-13-6-8-16(11-13)12-14-5-3-4-9-17-14/h13-15H,2-12H2,1H3. The molecule has 0 aliphatic carbocycles. The van der Waals surface area contributed by atoms with Crippen LogP contribution in [-0.4, -0.2) is 48.6 Å².